The maximum absolute atomic E-state index is 6.21. The van der Waals surface area contributed by atoms with E-state index >= 15 is 0 Å². The van der Waals surface area contributed by atoms with Gasteiger partial charge in [-0.25, -0.2) is 0 Å². The van der Waals surface area contributed by atoms with Gasteiger partial charge < -0.3 is 4.74 Å². The van der Waals surface area contributed by atoms with E-state index in [9.17, 15) is 0 Å². The lowest BCUT2D eigenvalue weighted by molar-refractivity contribution is 0.308. The van der Waals surface area contributed by atoms with Crippen LogP contribution in [0.3, 0.4) is 0 Å². The minimum atomic E-state index is 0.448. The van der Waals surface area contributed by atoms with E-state index in [1.807, 2.05) is 36.4 Å². The second kappa shape index (κ2) is 6.38. The summed E-state index contributed by atoms with van der Waals surface area (Å²) in [5.41, 5.74) is 2.13. The van der Waals surface area contributed by atoms with Crippen LogP contribution in [0.1, 0.15) is 11.1 Å². The zero-order chi connectivity index (χ0) is 14.7. The van der Waals surface area contributed by atoms with Gasteiger partial charge in [-0.3, -0.25) is 0 Å². The fourth-order valence-corrected chi connectivity index (χ4v) is 2.74. The lowest BCUT2D eigenvalue weighted by atomic mass is 10.1. The van der Waals surface area contributed by atoms with E-state index < -0.39 is 0 Å². The molecular weight excluding hydrogens is 303 g/mol. The highest BCUT2D eigenvalue weighted by atomic mass is 35.5. The molecule has 3 aromatic carbocycles. The van der Waals surface area contributed by atoms with Crippen molar-refractivity contribution in [3.63, 3.8) is 0 Å². The summed E-state index contributed by atoms with van der Waals surface area (Å²) in [6, 6.07) is 20.1. The highest BCUT2D eigenvalue weighted by molar-refractivity contribution is 6.32. The molecule has 0 N–H and O–H groups in total. The molecule has 3 rings (SSSR count). The molecule has 21 heavy (non-hydrogen) atoms. The Labute approximate surface area is 134 Å². The fraction of sp³-hybridized carbons (Fsp3) is 0.111. The van der Waals surface area contributed by atoms with Crippen LogP contribution in [0.2, 0.25) is 5.02 Å². The summed E-state index contributed by atoms with van der Waals surface area (Å²) in [5.74, 6) is 1.13. The summed E-state index contributed by atoms with van der Waals surface area (Å²) in [6.45, 7) is 0.487. The first-order valence-corrected chi connectivity index (χ1v) is 7.63. The van der Waals surface area contributed by atoms with Gasteiger partial charge in [0.2, 0.25) is 0 Å². The highest BCUT2D eigenvalue weighted by Gasteiger charge is 2.05. The monoisotopic (exact) mass is 316 g/mol. The molecule has 0 radical (unpaired) electrons. The predicted octanol–water partition coefficient (Wildman–Crippen LogP) is 5.81. The molecule has 0 aliphatic rings. The van der Waals surface area contributed by atoms with Crippen molar-refractivity contribution in [1.29, 1.82) is 0 Å². The Hall–Kier alpha value is -1.70. The molecule has 0 aromatic heterocycles. The summed E-state index contributed by atoms with van der Waals surface area (Å²) >= 11 is 12.0. The molecule has 0 fully saturated rings. The number of rotatable bonds is 4. The highest BCUT2D eigenvalue weighted by Crippen LogP contribution is 2.28. The van der Waals surface area contributed by atoms with Gasteiger partial charge in [-0.2, -0.15) is 0 Å². The molecule has 3 aromatic rings. The molecule has 0 aliphatic carbocycles. The van der Waals surface area contributed by atoms with Gasteiger partial charge in [0.05, 0.1) is 5.02 Å². The van der Waals surface area contributed by atoms with Gasteiger partial charge in [-0.05, 0) is 34.0 Å². The van der Waals surface area contributed by atoms with E-state index in [4.69, 9.17) is 27.9 Å². The molecule has 0 saturated heterocycles. The quantitative estimate of drug-likeness (QED) is 0.552. The van der Waals surface area contributed by atoms with E-state index in [0.29, 0.717) is 23.3 Å². The second-order valence-electron chi connectivity index (χ2n) is 4.83. The van der Waals surface area contributed by atoms with Crippen molar-refractivity contribution in [3.8, 4) is 5.75 Å². The fourth-order valence-electron chi connectivity index (χ4n) is 2.32. The van der Waals surface area contributed by atoms with Gasteiger partial charge in [0.1, 0.15) is 12.4 Å². The van der Waals surface area contributed by atoms with Crippen LogP contribution < -0.4 is 4.74 Å². The maximum atomic E-state index is 6.21. The molecule has 0 atom stereocenters. The maximum Gasteiger partial charge on any atom is 0.138 e. The van der Waals surface area contributed by atoms with E-state index in [1.165, 1.54) is 10.8 Å². The topological polar surface area (TPSA) is 9.23 Å². The Morgan fingerprint density at radius 1 is 0.905 bits per heavy atom. The van der Waals surface area contributed by atoms with Gasteiger partial charge in [0, 0.05) is 5.88 Å². The van der Waals surface area contributed by atoms with E-state index in [2.05, 4.69) is 24.3 Å². The van der Waals surface area contributed by atoms with Crippen molar-refractivity contribution in [2.45, 2.75) is 12.5 Å². The molecule has 106 valence electrons. The van der Waals surface area contributed by atoms with Crippen molar-refractivity contribution in [2.24, 2.45) is 0 Å². The SMILES string of the molecule is ClCc1ccc(OCc2cccc3ccccc23)c(Cl)c1. The predicted molar refractivity (Wildman–Crippen MR) is 89.3 cm³/mol. The molecule has 0 spiro atoms. The van der Waals surface area contributed by atoms with Gasteiger partial charge in [-0.15, -0.1) is 11.6 Å². The Kier molecular flexibility index (Phi) is 4.33. The third-order valence-corrected chi connectivity index (χ3v) is 4.02. The Morgan fingerprint density at radius 3 is 2.52 bits per heavy atom. The minimum absolute atomic E-state index is 0.448. The summed E-state index contributed by atoms with van der Waals surface area (Å²) in [6.07, 6.45) is 0. The first kappa shape index (κ1) is 14.2. The minimum Gasteiger partial charge on any atom is -0.487 e. The first-order valence-electron chi connectivity index (χ1n) is 6.72. The number of fused-ring (bicyclic) bond motifs is 1. The van der Waals surface area contributed by atoms with Crippen molar-refractivity contribution < 1.29 is 4.74 Å². The molecule has 0 aliphatic heterocycles. The normalized spacial score (nSPS) is 10.8. The van der Waals surface area contributed by atoms with Crippen molar-refractivity contribution in [1.82, 2.24) is 0 Å². The zero-order valence-electron chi connectivity index (χ0n) is 11.4. The van der Waals surface area contributed by atoms with Crippen molar-refractivity contribution in [2.75, 3.05) is 0 Å². The number of ether oxygens (including phenoxy) is 1. The molecule has 0 saturated carbocycles. The Morgan fingerprint density at radius 2 is 1.71 bits per heavy atom. The van der Waals surface area contributed by atoms with Crippen LogP contribution in [0.5, 0.6) is 5.75 Å². The third kappa shape index (κ3) is 3.15. The summed E-state index contributed by atoms with van der Waals surface area (Å²) < 4.78 is 5.86. The second-order valence-corrected chi connectivity index (χ2v) is 5.50. The molecule has 0 heterocycles. The van der Waals surface area contributed by atoms with Crippen LogP contribution in [0, 0.1) is 0 Å². The van der Waals surface area contributed by atoms with Crippen LogP contribution >= 0.6 is 23.2 Å². The van der Waals surface area contributed by atoms with Crippen LogP contribution in [-0.2, 0) is 12.5 Å². The largest absolute Gasteiger partial charge is 0.487 e. The van der Waals surface area contributed by atoms with E-state index in [1.54, 1.807) is 0 Å². The molecule has 0 unspecified atom stereocenters. The molecular formula is C18H14Cl2O. The van der Waals surface area contributed by atoms with Crippen molar-refractivity contribution >= 4 is 34.0 Å². The van der Waals surface area contributed by atoms with Gasteiger partial charge in [-0.1, -0.05) is 60.1 Å². The zero-order valence-corrected chi connectivity index (χ0v) is 12.9. The van der Waals surface area contributed by atoms with Crippen LogP contribution in [0.4, 0.5) is 0 Å². The number of benzene rings is 3. The van der Waals surface area contributed by atoms with Gasteiger partial charge >= 0.3 is 0 Å². The average Bonchev–Trinajstić information content (AvgIpc) is 2.53. The first-order chi connectivity index (χ1) is 10.3. The Bertz CT molecular complexity index is 763. The summed E-state index contributed by atoms with van der Waals surface area (Å²) in [5, 5.41) is 3.00. The van der Waals surface area contributed by atoms with Gasteiger partial charge in [0.25, 0.3) is 0 Å². The lowest BCUT2D eigenvalue weighted by Gasteiger charge is -2.11. The Balaban J connectivity index is 1.84. The standard InChI is InChI=1S/C18H14Cl2O/c19-11-13-8-9-18(17(20)10-13)21-12-15-6-3-5-14-4-1-2-7-16(14)15/h1-10H,11-12H2. The average molecular weight is 317 g/mol. The number of halogens is 2. The summed E-state index contributed by atoms with van der Waals surface area (Å²) in [4.78, 5) is 0. The molecule has 0 amide bonds. The van der Waals surface area contributed by atoms with E-state index in [0.717, 1.165) is 11.1 Å². The molecule has 3 heteroatoms. The van der Waals surface area contributed by atoms with Crippen LogP contribution in [0.25, 0.3) is 10.8 Å². The van der Waals surface area contributed by atoms with Crippen LogP contribution in [-0.4, -0.2) is 0 Å². The number of hydrogen-bond donors (Lipinski definition) is 0. The number of alkyl halides is 1. The molecule has 1 nitrogen and oxygen atoms in total. The number of hydrogen-bond acceptors (Lipinski definition) is 1. The smallest absolute Gasteiger partial charge is 0.138 e. The van der Waals surface area contributed by atoms with Crippen molar-refractivity contribution in [3.05, 3.63) is 76.8 Å². The molecule has 0 bridgehead atoms. The van der Waals surface area contributed by atoms with E-state index in [-0.39, 0.29) is 0 Å². The van der Waals surface area contributed by atoms with Crippen LogP contribution in [0.15, 0.2) is 60.7 Å². The summed E-state index contributed by atoms with van der Waals surface area (Å²) in [7, 11) is 0. The van der Waals surface area contributed by atoms with Gasteiger partial charge in [0.15, 0.2) is 0 Å². The lowest BCUT2D eigenvalue weighted by Crippen LogP contribution is -1.97. The third-order valence-electron chi connectivity index (χ3n) is 3.41.